The predicted molar refractivity (Wildman–Crippen MR) is 68.2 cm³/mol. The number of nitriles is 1. The second kappa shape index (κ2) is 7.33. The number of aliphatic hydroxyl groups excluding tert-OH is 1. The van der Waals surface area contributed by atoms with E-state index in [0.29, 0.717) is 0 Å². The number of alkyl halides is 3. The molecule has 0 fully saturated rings. The Morgan fingerprint density at radius 2 is 1.80 bits per heavy atom. The number of carbonyl (C=O) groups excluding carboxylic acids is 1. The number of hydrogen-bond acceptors (Lipinski definition) is 3. The molecule has 0 saturated carbocycles. The van der Waals surface area contributed by atoms with Gasteiger partial charge in [0, 0.05) is 5.69 Å². The van der Waals surface area contributed by atoms with Crippen LogP contribution >= 0.6 is 0 Å². The van der Waals surface area contributed by atoms with Crippen molar-refractivity contribution >= 4 is 41.2 Å². The third kappa shape index (κ3) is 4.89. The summed E-state index contributed by atoms with van der Waals surface area (Å²) in [5, 5.41) is 19.9. The Bertz CT molecular complexity index is 556. The first-order valence-corrected chi connectivity index (χ1v) is 5.04. The quantitative estimate of drug-likeness (QED) is 0.380. The molecule has 8 heteroatoms. The molecule has 4 nitrogen and oxygen atoms in total. The van der Waals surface area contributed by atoms with Crippen LogP contribution in [0.5, 0.6) is 0 Å². The van der Waals surface area contributed by atoms with E-state index in [1.165, 1.54) is 6.07 Å². The maximum absolute atomic E-state index is 12.3. The molecule has 1 rings (SSSR count). The number of rotatable bonds is 2. The van der Waals surface area contributed by atoms with Crippen LogP contribution in [0.25, 0.3) is 0 Å². The van der Waals surface area contributed by atoms with Crippen LogP contribution < -0.4 is 5.32 Å². The van der Waals surface area contributed by atoms with Gasteiger partial charge in [0.05, 0.1) is 5.56 Å². The Hall–Kier alpha value is -1.49. The number of halogens is 3. The van der Waals surface area contributed by atoms with Crippen molar-refractivity contribution in [3.05, 3.63) is 41.2 Å². The number of nitrogens with zero attached hydrogens (tertiary/aromatic N) is 1. The Balaban J connectivity index is 0.00000361. The normalized spacial score (nSPS) is 11.8. The van der Waals surface area contributed by atoms with Crippen molar-refractivity contribution in [2.45, 2.75) is 13.1 Å². The standard InChI is InChI=1S/C12H9F3N2O2.Na.H/c1-7(18)10(6-16)11(19)17-9-4-2-8(3-5-9)12(13,14)15;;/h2-5,18H,1H3,(H,17,19);;/b10-7-;;. The molecule has 0 heterocycles. The van der Waals surface area contributed by atoms with E-state index in [1.807, 2.05) is 0 Å². The van der Waals surface area contributed by atoms with Crippen molar-refractivity contribution in [1.29, 1.82) is 5.26 Å². The van der Waals surface area contributed by atoms with Gasteiger partial charge < -0.3 is 10.4 Å². The van der Waals surface area contributed by atoms with Gasteiger partial charge in [0.25, 0.3) is 5.91 Å². The van der Waals surface area contributed by atoms with Crippen LogP contribution in [0.4, 0.5) is 18.9 Å². The summed E-state index contributed by atoms with van der Waals surface area (Å²) in [6.07, 6.45) is -4.46. The summed E-state index contributed by atoms with van der Waals surface area (Å²) < 4.78 is 36.9. The summed E-state index contributed by atoms with van der Waals surface area (Å²) >= 11 is 0. The second-order valence-corrected chi connectivity index (χ2v) is 3.60. The third-order valence-electron chi connectivity index (χ3n) is 2.17. The fraction of sp³-hybridized carbons (Fsp3) is 0.167. The van der Waals surface area contributed by atoms with Crippen molar-refractivity contribution in [3.8, 4) is 6.07 Å². The number of anilines is 1. The topological polar surface area (TPSA) is 73.1 Å². The second-order valence-electron chi connectivity index (χ2n) is 3.60. The van der Waals surface area contributed by atoms with Crippen LogP contribution in [0.15, 0.2) is 35.6 Å². The van der Waals surface area contributed by atoms with Gasteiger partial charge in [-0.15, -0.1) is 0 Å². The summed E-state index contributed by atoms with van der Waals surface area (Å²) in [5.41, 5.74) is -1.26. The first-order valence-electron chi connectivity index (χ1n) is 5.04. The minimum absolute atomic E-state index is 0. The SMILES string of the molecule is C/C(O)=C(\C#N)C(=O)Nc1ccc(C(F)(F)F)cc1.[NaH]. The van der Waals surface area contributed by atoms with Gasteiger partial charge in [0.2, 0.25) is 0 Å². The van der Waals surface area contributed by atoms with Crippen molar-refractivity contribution in [2.24, 2.45) is 0 Å². The zero-order chi connectivity index (χ0) is 14.6. The molecule has 0 aliphatic heterocycles. The first-order chi connectivity index (χ1) is 8.75. The number of carbonyl (C=O) groups is 1. The monoisotopic (exact) mass is 294 g/mol. The van der Waals surface area contributed by atoms with Crippen LogP contribution in [0.2, 0.25) is 0 Å². The fourth-order valence-corrected chi connectivity index (χ4v) is 1.23. The number of benzene rings is 1. The zero-order valence-corrected chi connectivity index (χ0v) is 9.75. The summed E-state index contributed by atoms with van der Waals surface area (Å²) in [6.45, 7) is 1.16. The van der Waals surface area contributed by atoms with Crippen molar-refractivity contribution < 1.29 is 23.1 Å². The van der Waals surface area contributed by atoms with Gasteiger partial charge in [-0.1, -0.05) is 0 Å². The van der Waals surface area contributed by atoms with Gasteiger partial charge in [-0.2, -0.15) is 18.4 Å². The van der Waals surface area contributed by atoms with Gasteiger partial charge in [0.1, 0.15) is 11.8 Å². The van der Waals surface area contributed by atoms with Crippen LogP contribution in [0.3, 0.4) is 0 Å². The fourth-order valence-electron chi connectivity index (χ4n) is 1.23. The first kappa shape index (κ1) is 18.5. The Morgan fingerprint density at radius 1 is 1.30 bits per heavy atom. The Kier molecular flexibility index (Phi) is 6.79. The summed E-state index contributed by atoms with van der Waals surface area (Å²) in [4.78, 5) is 11.5. The molecule has 2 N–H and O–H groups in total. The van der Waals surface area contributed by atoms with E-state index >= 15 is 0 Å². The molecular weight excluding hydrogens is 284 g/mol. The van der Waals surface area contributed by atoms with Crippen molar-refractivity contribution in [1.82, 2.24) is 0 Å². The summed E-state index contributed by atoms with van der Waals surface area (Å²) in [7, 11) is 0. The molecule has 102 valence electrons. The Labute approximate surface area is 135 Å². The van der Waals surface area contributed by atoms with E-state index in [-0.39, 0.29) is 35.2 Å². The molecule has 0 aliphatic carbocycles. The van der Waals surface area contributed by atoms with E-state index < -0.39 is 29.0 Å². The molecule has 1 amide bonds. The number of aliphatic hydroxyl groups is 1. The zero-order valence-electron chi connectivity index (χ0n) is 9.75. The molecule has 0 atom stereocenters. The van der Waals surface area contributed by atoms with Gasteiger partial charge in [-0.25, -0.2) is 0 Å². The number of nitrogens with one attached hydrogen (secondary N) is 1. The van der Waals surface area contributed by atoms with Gasteiger partial charge in [0.15, 0.2) is 5.57 Å². The van der Waals surface area contributed by atoms with Crippen LogP contribution in [-0.4, -0.2) is 40.6 Å². The van der Waals surface area contributed by atoms with Gasteiger partial charge >= 0.3 is 35.7 Å². The van der Waals surface area contributed by atoms with Crippen LogP contribution in [-0.2, 0) is 11.0 Å². The summed E-state index contributed by atoms with van der Waals surface area (Å²) in [5.74, 6) is -1.35. The molecule has 0 radical (unpaired) electrons. The van der Waals surface area contributed by atoms with Gasteiger partial charge in [-0.3, -0.25) is 4.79 Å². The summed E-state index contributed by atoms with van der Waals surface area (Å²) in [6, 6.07) is 5.22. The molecule has 0 saturated heterocycles. The van der Waals surface area contributed by atoms with Crippen LogP contribution in [0.1, 0.15) is 12.5 Å². The Morgan fingerprint density at radius 3 is 2.15 bits per heavy atom. The molecule has 1 aromatic carbocycles. The number of hydrogen-bond donors (Lipinski definition) is 2. The van der Waals surface area contributed by atoms with Crippen molar-refractivity contribution in [3.63, 3.8) is 0 Å². The molecular formula is C12H10F3N2NaO2. The molecule has 0 aliphatic rings. The molecule has 20 heavy (non-hydrogen) atoms. The van der Waals surface area contributed by atoms with Gasteiger partial charge in [-0.05, 0) is 31.2 Å². The molecule has 0 aromatic heterocycles. The average molecular weight is 294 g/mol. The van der Waals surface area contributed by atoms with Crippen molar-refractivity contribution in [2.75, 3.05) is 5.32 Å². The molecule has 1 aromatic rings. The van der Waals surface area contributed by atoms with E-state index in [2.05, 4.69) is 5.32 Å². The van der Waals surface area contributed by atoms with E-state index in [1.54, 1.807) is 0 Å². The average Bonchev–Trinajstić information content (AvgIpc) is 2.28. The molecule has 0 spiro atoms. The minimum atomic E-state index is -4.46. The van der Waals surface area contributed by atoms with E-state index in [9.17, 15) is 18.0 Å². The number of allylic oxidation sites excluding steroid dienone is 1. The third-order valence-corrected chi connectivity index (χ3v) is 2.17. The molecule has 0 unspecified atom stereocenters. The van der Waals surface area contributed by atoms with E-state index in [0.717, 1.165) is 31.2 Å². The molecule has 0 bridgehead atoms. The van der Waals surface area contributed by atoms with E-state index in [4.69, 9.17) is 10.4 Å². The maximum atomic E-state index is 12.3. The number of amides is 1. The van der Waals surface area contributed by atoms with Crippen LogP contribution in [0, 0.1) is 11.3 Å². The predicted octanol–water partition coefficient (Wildman–Crippen LogP) is 2.35.